The average molecular weight is 132 g/mol. The Morgan fingerprint density at radius 3 is 2.56 bits per heavy atom. The van der Waals surface area contributed by atoms with Gasteiger partial charge in [0.2, 0.25) is 6.04 Å². The van der Waals surface area contributed by atoms with Gasteiger partial charge in [-0.3, -0.25) is 0 Å². The number of aliphatic carboxylic acids is 1. The fraction of sp³-hybridized carbons (Fsp3) is 0.800. The van der Waals surface area contributed by atoms with E-state index in [2.05, 4.69) is 0 Å². The molecule has 2 unspecified atom stereocenters. The largest absolute Gasteiger partial charge is 0.477 e. The number of quaternary nitrogens is 1. The van der Waals surface area contributed by atoms with E-state index >= 15 is 0 Å². The zero-order chi connectivity index (χ0) is 6.85. The third-order valence-electron chi connectivity index (χ3n) is 1.58. The van der Waals surface area contributed by atoms with Crippen LogP contribution in [0, 0.1) is 0 Å². The molecule has 0 bridgehead atoms. The van der Waals surface area contributed by atoms with Crippen molar-refractivity contribution in [1.82, 2.24) is 0 Å². The Kier molecular flexibility index (Phi) is 1.68. The highest BCUT2D eigenvalue weighted by Crippen LogP contribution is 1.98. The SMILES string of the molecule is O=C(O)C1[NH2+]CCC1O. The standard InChI is InChI=1S/C5H9NO3/c7-3-1-2-6-4(3)5(8)9/h3-4,6-7H,1-2H2,(H,8,9)/p+1. The molecule has 0 spiro atoms. The second kappa shape index (κ2) is 2.33. The first-order valence-electron chi connectivity index (χ1n) is 2.96. The molecular weight excluding hydrogens is 122 g/mol. The summed E-state index contributed by atoms with van der Waals surface area (Å²) >= 11 is 0. The fourth-order valence-electron chi connectivity index (χ4n) is 1.05. The maximum atomic E-state index is 10.2. The van der Waals surface area contributed by atoms with Crippen molar-refractivity contribution in [3.05, 3.63) is 0 Å². The van der Waals surface area contributed by atoms with Gasteiger partial charge in [0.15, 0.2) is 0 Å². The van der Waals surface area contributed by atoms with Crippen molar-refractivity contribution in [3.63, 3.8) is 0 Å². The van der Waals surface area contributed by atoms with E-state index in [0.717, 1.165) is 6.54 Å². The van der Waals surface area contributed by atoms with Crippen LogP contribution in [0.3, 0.4) is 0 Å². The molecule has 1 fully saturated rings. The summed E-state index contributed by atoms with van der Waals surface area (Å²) < 4.78 is 0. The van der Waals surface area contributed by atoms with Crippen LogP contribution >= 0.6 is 0 Å². The number of hydrogen-bond acceptors (Lipinski definition) is 2. The first kappa shape index (κ1) is 6.51. The molecule has 9 heavy (non-hydrogen) atoms. The second-order valence-corrected chi connectivity index (χ2v) is 2.24. The maximum absolute atomic E-state index is 10.2. The minimum Gasteiger partial charge on any atom is -0.477 e. The minimum atomic E-state index is -0.917. The van der Waals surface area contributed by atoms with Crippen LogP contribution in [-0.2, 0) is 4.79 Å². The highest BCUT2D eigenvalue weighted by molar-refractivity contribution is 5.72. The van der Waals surface area contributed by atoms with Crippen LogP contribution in [0.2, 0.25) is 0 Å². The number of nitrogens with two attached hydrogens (primary N) is 1. The molecule has 4 nitrogen and oxygen atoms in total. The molecule has 0 radical (unpaired) electrons. The lowest BCUT2D eigenvalue weighted by Crippen LogP contribution is -2.89. The molecule has 1 saturated heterocycles. The Balaban J connectivity index is 2.49. The van der Waals surface area contributed by atoms with Crippen molar-refractivity contribution < 1.29 is 20.3 Å². The number of carbonyl (C=O) groups is 1. The molecule has 1 rings (SSSR count). The molecule has 1 aliphatic heterocycles. The van der Waals surface area contributed by atoms with Gasteiger partial charge in [0.1, 0.15) is 6.10 Å². The summed E-state index contributed by atoms with van der Waals surface area (Å²) in [5.41, 5.74) is 0. The predicted octanol–water partition coefficient (Wildman–Crippen LogP) is -2.23. The highest BCUT2D eigenvalue weighted by atomic mass is 16.4. The van der Waals surface area contributed by atoms with Crippen LogP contribution in [0.1, 0.15) is 6.42 Å². The van der Waals surface area contributed by atoms with Crippen molar-refractivity contribution in [3.8, 4) is 0 Å². The van der Waals surface area contributed by atoms with Gasteiger partial charge in [0.05, 0.1) is 6.54 Å². The number of rotatable bonds is 1. The monoisotopic (exact) mass is 132 g/mol. The van der Waals surface area contributed by atoms with E-state index in [-0.39, 0.29) is 0 Å². The van der Waals surface area contributed by atoms with Crippen molar-refractivity contribution in [2.24, 2.45) is 0 Å². The smallest absolute Gasteiger partial charge is 0.365 e. The van der Waals surface area contributed by atoms with Crippen molar-refractivity contribution in [2.75, 3.05) is 6.54 Å². The molecule has 4 N–H and O–H groups in total. The van der Waals surface area contributed by atoms with Crippen LogP contribution in [0.4, 0.5) is 0 Å². The van der Waals surface area contributed by atoms with Crippen LogP contribution < -0.4 is 5.32 Å². The van der Waals surface area contributed by atoms with E-state index in [1.165, 1.54) is 0 Å². The summed E-state index contributed by atoms with van der Waals surface area (Å²) in [7, 11) is 0. The lowest BCUT2D eigenvalue weighted by atomic mass is 10.2. The van der Waals surface area contributed by atoms with E-state index in [4.69, 9.17) is 10.2 Å². The van der Waals surface area contributed by atoms with Gasteiger partial charge >= 0.3 is 5.97 Å². The van der Waals surface area contributed by atoms with Gasteiger partial charge < -0.3 is 15.5 Å². The second-order valence-electron chi connectivity index (χ2n) is 2.24. The quantitative estimate of drug-likeness (QED) is 0.378. The lowest BCUT2D eigenvalue weighted by molar-refractivity contribution is -0.662. The van der Waals surface area contributed by atoms with Gasteiger partial charge in [-0.2, -0.15) is 0 Å². The predicted molar refractivity (Wildman–Crippen MR) is 28.8 cm³/mol. The number of hydrogen-bond donors (Lipinski definition) is 3. The van der Waals surface area contributed by atoms with E-state index in [0.29, 0.717) is 6.42 Å². The summed E-state index contributed by atoms with van der Waals surface area (Å²) in [6.45, 7) is 0.720. The molecule has 0 amide bonds. The Hall–Kier alpha value is -0.610. The summed E-state index contributed by atoms with van der Waals surface area (Å²) in [6.07, 6.45) is -0.0563. The number of aliphatic hydroxyl groups is 1. The molecular formula is C5H10NO3+. The molecule has 2 atom stereocenters. The molecule has 0 saturated carbocycles. The van der Waals surface area contributed by atoms with Gasteiger partial charge in [-0.05, 0) is 0 Å². The molecule has 0 aromatic carbocycles. The summed E-state index contributed by atoms with van der Waals surface area (Å²) in [6, 6.07) is -0.620. The van der Waals surface area contributed by atoms with E-state index in [9.17, 15) is 4.79 Å². The Morgan fingerprint density at radius 2 is 2.33 bits per heavy atom. The Labute approximate surface area is 52.5 Å². The van der Waals surface area contributed by atoms with E-state index < -0.39 is 18.1 Å². The molecule has 0 aromatic rings. The molecule has 0 aromatic heterocycles. The molecule has 1 heterocycles. The first-order chi connectivity index (χ1) is 4.22. The number of carboxylic acid groups (broad SMARTS) is 1. The van der Waals surface area contributed by atoms with E-state index in [1.807, 2.05) is 0 Å². The summed E-state index contributed by atoms with van der Waals surface area (Å²) in [4.78, 5) is 10.2. The van der Waals surface area contributed by atoms with Crippen LogP contribution in [0.25, 0.3) is 0 Å². The minimum absolute atomic E-state index is 0.594. The zero-order valence-electron chi connectivity index (χ0n) is 4.95. The van der Waals surface area contributed by atoms with E-state index in [1.54, 1.807) is 5.32 Å². The summed E-state index contributed by atoms with van der Waals surface area (Å²) in [5, 5.41) is 19.0. The van der Waals surface area contributed by atoms with Crippen molar-refractivity contribution in [2.45, 2.75) is 18.6 Å². The van der Waals surface area contributed by atoms with Gasteiger partial charge in [-0.1, -0.05) is 0 Å². The highest BCUT2D eigenvalue weighted by Gasteiger charge is 2.34. The van der Waals surface area contributed by atoms with Gasteiger partial charge in [0, 0.05) is 6.42 Å². The normalized spacial score (nSPS) is 34.8. The molecule has 1 aliphatic rings. The van der Waals surface area contributed by atoms with Crippen molar-refractivity contribution >= 4 is 5.97 Å². The van der Waals surface area contributed by atoms with Gasteiger partial charge in [0.25, 0.3) is 0 Å². The lowest BCUT2D eigenvalue weighted by Gasteiger charge is -2.03. The Bertz CT molecular complexity index is 125. The number of carboxylic acids is 1. The third-order valence-corrected chi connectivity index (χ3v) is 1.58. The number of aliphatic hydroxyl groups excluding tert-OH is 1. The average Bonchev–Trinajstić information content (AvgIpc) is 2.13. The molecule has 52 valence electrons. The van der Waals surface area contributed by atoms with Crippen LogP contribution in [0.5, 0.6) is 0 Å². The third kappa shape index (κ3) is 1.20. The fourth-order valence-corrected chi connectivity index (χ4v) is 1.05. The summed E-state index contributed by atoms with van der Waals surface area (Å²) in [5.74, 6) is -0.917. The molecule has 4 heteroatoms. The Morgan fingerprint density at radius 1 is 1.67 bits per heavy atom. The molecule has 0 aliphatic carbocycles. The van der Waals surface area contributed by atoms with Crippen LogP contribution in [0.15, 0.2) is 0 Å². The first-order valence-corrected chi connectivity index (χ1v) is 2.96. The zero-order valence-corrected chi connectivity index (χ0v) is 4.95. The van der Waals surface area contributed by atoms with Crippen LogP contribution in [-0.4, -0.2) is 34.9 Å². The van der Waals surface area contributed by atoms with Gasteiger partial charge in [-0.25, -0.2) is 4.79 Å². The van der Waals surface area contributed by atoms with Crippen molar-refractivity contribution in [1.29, 1.82) is 0 Å². The van der Waals surface area contributed by atoms with Gasteiger partial charge in [-0.15, -0.1) is 0 Å². The maximum Gasteiger partial charge on any atom is 0.365 e. The topological polar surface area (TPSA) is 74.1 Å².